The van der Waals surface area contributed by atoms with Crippen LogP contribution in [0.4, 0.5) is 0 Å². The average Bonchev–Trinajstić information content (AvgIpc) is 3.12. The molecule has 5 heteroatoms. The number of rotatable bonds is 4. The van der Waals surface area contributed by atoms with Crippen LogP contribution in [0.3, 0.4) is 0 Å². The van der Waals surface area contributed by atoms with Gasteiger partial charge in [-0.15, -0.1) is 0 Å². The van der Waals surface area contributed by atoms with Gasteiger partial charge in [-0.3, -0.25) is 14.6 Å². The third-order valence-corrected chi connectivity index (χ3v) is 5.31. The smallest absolute Gasteiger partial charge is 0.236 e. The van der Waals surface area contributed by atoms with Gasteiger partial charge in [-0.05, 0) is 41.3 Å². The zero-order chi connectivity index (χ0) is 14.7. The average molecular weight is 307 g/mol. The lowest BCUT2D eigenvalue weighted by molar-refractivity contribution is -0.134. The fraction of sp³-hybridized carbons (Fsp3) is 0.688. The standard InChI is InChI=1S/C16H25N3OS/c1-14-2-4-18(10-14)12-16(20)19-7-5-17(6-8-19)11-15-3-9-21-13-15/h3,9,13-14H,2,4-8,10-12H2,1H3. The second kappa shape index (κ2) is 6.90. The van der Waals surface area contributed by atoms with Crippen LogP contribution in [0.5, 0.6) is 0 Å². The summed E-state index contributed by atoms with van der Waals surface area (Å²) in [6, 6.07) is 2.19. The lowest BCUT2D eigenvalue weighted by Gasteiger charge is -2.35. The van der Waals surface area contributed by atoms with Crippen LogP contribution in [0.15, 0.2) is 16.8 Å². The molecule has 3 rings (SSSR count). The Kier molecular flexibility index (Phi) is 4.93. The summed E-state index contributed by atoms with van der Waals surface area (Å²) in [6.07, 6.45) is 1.24. The maximum Gasteiger partial charge on any atom is 0.236 e. The second-order valence-electron chi connectivity index (χ2n) is 6.42. The predicted octanol–water partition coefficient (Wildman–Crippen LogP) is 1.73. The molecule has 2 saturated heterocycles. The molecule has 0 saturated carbocycles. The molecule has 0 N–H and O–H groups in total. The van der Waals surface area contributed by atoms with Crippen molar-refractivity contribution in [1.82, 2.24) is 14.7 Å². The summed E-state index contributed by atoms with van der Waals surface area (Å²) in [5.41, 5.74) is 1.39. The van der Waals surface area contributed by atoms with Gasteiger partial charge in [0, 0.05) is 39.3 Å². The summed E-state index contributed by atoms with van der Waals surface area (Å²) in [6.45, 7) is 9.85. The molecule has 1 amide bonds. The van der Waals surface area contributed by atoms with Crippen molar-refractivity contribution in [1.29, 1.82) is 0 Å². The maximum absolute atomic E-state index is 12.4. The number of piperazine rings is 1. The molecular formula is C16H25N3OS. The Bertz CT molecular complexity index is 454. The Morgan fingerprint density at radius 2 is 2.05 bits per heavy atom. The number of carbonyl (C=O) groups is 1. The van der Waals surface area contributed by atoms with Crippen molar-refractivity contribution in [2.75, 3.05) is 45.8 Å². The molecule has 2 aliphatic heterocycles. The van der Waals surface area contributed by atoms with Crippen LogP contribution >= 0.6 is 11.3 Å². The quantitative estimate of drug-likeness (QED) is 0.848. The Balaban J connectivity index is 1.41. The minimum absolute atomic E-state index is 0.319. The van der Waals surface area contributed by atoms with Crippen molar-refractivity contribution >= 4 is 17.2 Å². The van der Waals surface area contributed by atoms with Crippen molar-refractivity contribution in [2.45, 2.75) is 19.9 Å². The molecule has 21 heavy (non-hydrogen) atoms. The van der Waals surface area contributed by atoms with Crippen molar-refractivity contribution in [2.24, 2.45) is 5.92 Å². The summed E-state index contributed by atoms with van der Waals surface area (Å²) in [7, 11) is 0. The first-order valence-corrected chi connectivity index (χ1v) is 8.88. The van der Waals surface area contributed by atoms with Gasteiger partial charge in [0.15, 0.2) is 0 Å². The molecule has 0 aromatic carbocycles. The topological polar surface area (TPSA) is 26.8 Å². The van der Waals surface area contributed by atoms with Crippen LogP contribution < -0.4 is 0 Å². The van der Waals surface area contributed by atoms with E-state index in [9.17, 15) is 4.79 Å². The molecule has 0 aliphatic carbocycles. The third-order valence-electron chi connectivity index (χ3n) is 4.58. The molecule has 1 aromatic rings. The van der Waals surface area contributed by atoms with Crippen LogP contribution in [0.25, 0.3) is 0 Å². The summed E-state index contributed by atoms with van der Waals surface area (Å²) in [5, 5.41) is 4.35. The highest BCUT2D eigenvalue weighted by Crippen LogP contribution is 2.15. The molecule has 2 aliphatic rings. The van der Waals surface area contributed by atoms with Crippen molar-refractivity contribution in [3.63, 3.8) is 0 Å². The highest BCUT2D eigenvalue weighted by atomic mass is 32.1. The van der Waals surface area contributed by atoms with E-state index in [4.69, 9.17) is 0 Å². The van der Waals surface area contributed by atoms with E-state index >= 15 is 0 Å². The van der Waals surface area contributed by atoms with E-state index in [-0.39, 0.29) is 0 Å². The minimum atomic E-state index is 0.319. The van der Waals surface area contributed by atoms with Crippen LogP contribution in [-0.4, -0.2) is 66.4 Å². The summed E-state index contributed by atoms with van der Waals surface area (Å²) in [4.78, 5) is 19.2. The predicted molar refractivity (Wildman–Crippen MR) is 86.4 cm³/mol. The van der Waals surface area contributed by atoms with Crippen LogP contribution in [0.1, 0.15) is 18.9 Å². The summed E-state index contributed by atoms with van der Waals surface area (Å²) < 4.78 is 0. The van der Waals surface area contributed by atoms with E-state index < -0.39 is 0 Å². The van der Waals surface area contributed by atoms with Gasteiger partial charge in [0.25, 0.3) is 0 Å². The molecule has 116 valence electrons. The van der Waals surface area contributed by atoms with Gasteiger partial charge < -0.3 is 4.90 Å². The fourth-order valence-electron chi connectivity index (χ4n) is 3.26. The van der Waals surface area contributed by atoms with Crippen LogP contribution in [0, 0.1) is 5.92 Å². The van der Waals surface area contributed by atoms with Gasteiger partial charge in [0.05, 0.1) is 6.54 Å². The molecule has 0 radical (unpaired) electrons. The van der Waals surface area contributed by atoms with E-state index in [0.717, 1.165) is 51.7 Å². The first-order valence-electron chi connectivity index (χ1n) is 7.94. The zero-order valence-electron chi connectivity index (χ0n) is 12.8. The van der Waals surface area contributed by atoms with E-state index in [1.165, 1.54) is 12.0 Å². The Hall–Kier alpha value is -0.910. The molecule has 0 spiro atoms. The van der Waals surface area contributed by atoms with Crippen LogP contribution in [-0.2, 0) is 11.3 Å². The SMILES string of the molecule is CC1CCN(CC(=O)N2CCN(Cc3ccsc3)CC2)C1. The summed E-state index contributed by atoms with van der Waals surface area (Å²) in [5.74, 6) is 1.07. The summed E-state index contributed by atoms with van der Waals surface area (Å²) >= 11 is 1.75. The number of nitrogens with zero attached hydrogens (tertiary/aromatic N) is 3. The van der Waals surface area contributed by atoms with Crippen molar-refractivity contribution < 1.29 is 4.79 Å². The van der Waals surface area contributed by atoms with E-state index in [1.807, 2.05) is 4.90 Å². The normalized spacial score (nSPS) is 24.6. The number of hydrogen-bond acceptors (Lipinski definition) is 4. The lowest BCUT2D eigenvalue weighted by Crippen LogP contribution is -2.50. The monoisotopic (exact) mass is 307 g/mol. The van der Waals surface area contributed by atoms with E-state index in [0.29, 0.717) is 12.5 Å². The van der Waals surface area contributed by atoms with Gasteiger partial charge in [0.2, 0.25) is 5.91 Å². The largest absolute Gasteiger partial charge is 0.339 e. The number of carbonyl (C=O) groups excluding carboxylic acids is 1. The number of thiophene rings is 1. The second-order valence-corrected chi connectivity index (χ2v) is 7.20. The molecular weight excluding hydrogens is 282 g/mol. The molecule has 1 atom stereocenters. The Morgan fingerprint density at radius 1 is 1.24 bits per heavy atom. The number of amides is 1. The third kappa shape index (κ3) is 4.05. The molecule has 1 aromatic heterocycles. The highest BCUT2D eigenvalue weighted by molar-refractivity contribution is 7.07. The number of hydrogen-bond donors (Lipinski definition) is 0. The van der Waals surface area contributed by atoms with Gasteiger partial charge in [-0.25, -0.2) is 0 Å². The van der Waals surface area contributed by atoms with E-state index in [1.54, 1.807) is 11.3 Å². The molecule has 4 nitrogen and oxygen atoms in total. The molecule has 2 fully saturated rings. The van der Waals surface area contributed by atoms with Gasteiger partial charge >= 0.3 is 0 Å². The Morgan fingerprint density at radius 3 is 2.67 bits per heavy atom. The fourth-order valence-corrected chi connectivity index (χ4v) is 3.92. The van der Waals surface area contributed by atoms with Crippen LogP contribution in [0.2, 0.25) is 0 Å². The first-order chi connectivity index (χ1) is 10.2. The van der Waals surface area contributed by atoms with Crippen molar-refractivity contribution in [3.05, 3.63) is 22.4 Å². The first kappa shape index (κ1) is 15.0. The Labute approximate surface area is 131 Å². The zero-order valence-corrected chi connectivity index (χ0v) is 13.6. The number of likely N-dealkylation sites (tertiary alicyclic amines) is 1. The molecule has 0 bridgehead atoms. The van der Waals surface area contributed by atoms with Gasteiger partial charge in [-0.2, -0.15) is 11.3 Å². The molecule has 3 heterocycles. The van der Waals surface area contributed by atoms with E-state index in [2.05, 4.69) is 33.6 Å². The van der Waals surface area contributed by atoms with Gasteiger partial charge in [0.1, 0.15) is 0 Å². The van der Waals surface area contributed by atoms with Crippen molar-refractivity contribution in [3.8, 4) is 0 Å². The lowest BCUT2D eigenvalue weighted by atomic mass is 10.2. The minimum Gasteiger partial charge on any atom is -0.339 e. The maximum atomic E-state index is 12.4. The highest BCUT2D eigenvalue weighted by Gasteiger charge is 2.25. The molecule has 1 unspecified atom stereocenters. The van der Waals surface area contributed by atoms with Gasteiger partial charge in [-0.1, -0.05) is 6.92 Å².